The van der Waals surface area contributed by atoms with Crippen molar-refractivity contribution in [3.8, 4) is 5.75 Å². The van der Waals surface area contributed by atoms with Gasteiger partial charge in [0.05, 0.1) is 0 Å². The van der Waals surface area contributed by atoms with Crippen molar-refractivity contribution in [1.29, 1.82) is 0 Å². The van der Waals surface area contributed by atoms with E-state index in [0.717, 1.165) is 0 Å². The number of benzene rings is 1. The lowest BCUT2D eigenvalue weighted by Gasteiger charge is -2.49. The van der Waals surface area contributed by atoms with Gasteiger partial charge in [0.2, 0.25) is 4.93 Å². The first-order valence-electron chi connectivity index (χ1n) is 8.12. The van der Waals surface area contributed by atoms with E-state index in [9.17, 15) is 13.0 Å². The fourth-order valence-corrected chi connectivity index (χ4v) is 4.38. The minimum absolute atomic E-state index is 0.189. The van der Waals surface area contributed by atoms with Crippen LogP contribution < -0.4 is 4.74 Å². The highest BCUT2D eigenvalue weighted by Crippen LogP contribution is 2.46. The van der Waals surface area contributed by atoms with Crippen molar-refractivity contribution in [2.75, 3.05) is 13.2 Å². The molecule has 0 heterocycles. The van der Waals surface area contributed by atoms with Crippen molar-refractivity contribution >= 4 is 10.1 Å². The van der Waals surface area contributed by atoms with Crippen LogP contribution in [0, 0.1) is 10.8 Å². The predicted molar refractivity (Wildman–Crippen MR) is 93.8 cm³/mol. The van der Waals surface area contributed by atoms with E-state index in [1.54, 1.807) is 51.1 Å². The van der Waals surface area contributed by atoms with Gasteiger partial charge in [-0.1, -0.05) is 52.8 Å². The lowest BCUT2D eigenvalue weighted by atomic mass is 9.72. The van der Waals surface area contributed by atoms with Crippen LogP contribution >= 0.6 is 0 Å². The van der Waals surface area contributed by atoms with Crippen molar-refractivity contribution in [2.24, 2.45) is 10.8 Å². The van der Waals surface area contributed by atoms with Crippen molar-refractivity contribution in [2.45, 2.75) is 52.9 Å². The zero-order valence-electron chi connectivity index (χ0n) is 15.5. The van der Waals surface area contributed by atoms with Crippen molar-refractivity contribution in [1.82, 2.24) is 0 Å². The minimum Gasteiger partial charge on any atom is -0.745 e. The van der Waals surface area contributed by atoms with Gasteiger partial charge in [0.1, 0.15) is 22.5 Å². The van der Waals surface area contributed by atoms with Crippen LogP contribution in [-0.2, 0) is 14.9 Å². The van der Waals surface area contributed by atoms with Crippen LogP contribution in [0.3, 0.4) is 0 Å². The molecule has 0 aromatic heterocycles. The lowest BCUT2D eigenvalue weighted by Crippen LogP contribution is -2.59. The molecule has 1 aromatic carbocycles. The van der Waals surface area contributed by atoms with Gasteiger partial charge in [0.15, 0.2) is 0 Å². The van der Waals surface area contributed by atoms with Crippen LogP contribution in [0.1, 0.15) is 48.0 Å². The van der Waals surface area contributed by atoms with Crippen LogP contribution in [0.4, 0.5) is 0 Å². The Labute approximate surface area is 146 Å². The second-order valence-corrected chi connectivity index (χ2v) is 9.45. The molecule has 0 saturated heterocycles. The molecule has 1 atom stereocenters. The summed E-state index contributed by atoms with van der Waals surface area (Å²) in [6, 6.07) is 8.53. The Morgan fingerprint density at radius 1 is 1.04 bits per heavy atom. The third-order valence-electron chi connectivity index (χ3n) is 3.93. The number of hydrogen-bond acceptors (Lipinski definition) is 5. The third-order valence-corrected chi connectivity index (χ3v) is 5.49. The van der Waals surface area contributed by atoms with Gasteiger partial charge in [-0.25, -0.2) is 8.42 Å². The Hall–Kier alpha value is -1.11. The number of rotatable bonds is 8. The fourth-order valence-electron chi connectivity index (χ4n) is 3.20. The smallest absolute Gasteiger partial charge is 0.225 e. The Morgan fingerprint density at radius 2 is 1.58 bits per heavy atom. The molecule has 1 rings (SSSR count). The highest BCUT2D eigenvalue weighted by atomic mass is 32.2. The number of hydrogen-bond donors (Lipinski definition) is 0. The molecule has 0 aliphatic carbocycles. The molecule has 24 heavy (non-hydrogen) atoms. The quantitative estimate of drug-likeness (QED) is 0.661. The van der Waals surface area contributed by atoms with E-state index in [4.69, 9.17) is 9.47 Å². The molecule has 0 amide bonds. The summed E-state index contributed by atoms with van der Waals surface area (Å²) in [6.07, 6.45) is 0.474. The van der Waals surface area contributed by atoms with Gasteiger partial charge in [-0.2, -0.15) is 0 Å². The molecule has 0 N–H and O–H groups in total. The maximum atomic E-state index is 12.3. The molecule has 0 aliphatic heterocycles. The van der Waals surface area contributed by atoms with Crippen LogP contribution in [0.25, 0.3) is 0 Å². The summed E-state index contributed by atoms with van der Waals surface area (Å²) in [4.78, 5) is -2.01. The maximum absolute atomic E-state index is 12.3. The normalized spacial score (nSPS) is 15.8. The average molecular weight is 357 g/mol. The van der Waals surface area contributed by atoms with E-state index in [1.165, 1.54) is 0 Å². The highest BCUT2D eigenvalue weighted by molar-refractivity contribution is 7.87. The summed E-state index contributed by atoms with van der Waals surface area (Å²) in [6.45, 7) is 11.2. The largest absolute Gasteiger partial charge is 0.745 e. The molecule has 1 aromatic rings. The Kier molecular flexibility index (Phi) is 6.47. The van der Waals surface area contributed by atoms with Crippen LogP contribution in [-0.4, -0.2) is 31.1 Å². The second-order valence-electron chi connectivity index (χ2n) is 7.88. The van der Waals surface area contributed by atoms with Gasteiger partial charge in [-0.05, 0) is 30.9 Å². The van der Waals surface area contributed by atoms with Gasteiger partial charge in [-0.15, -0.1) is 0 Å². The van der Waals surface area contributed by atoms with E-state index >= 15 is 0 Å². The van der Waals surface area contributed by atoms with E-state index in [-0.39, 0.29) is 12.0 Å². The molecule has 6 heteroatoms. The molecule has 0 aliphatic rings. The van der Waals surface area contributed by atoms with Gasteiger partial charge in [-0.3, -0.25) is 0 Å². The second kappa shape index (κ2) is 7.42. The standard InChI is InChI=1S/C18H30O5S/c1-7-22-14-18(24(19,20)21,17(5,6)13-16(2,3)4)23-15-11-9-8-10-12-15/h8-12H,7,13-14H2,1-6H3,(H,19,20,21)/p-1. The Bertz CT molecular complexity index is 617. The fraction of sp³-hybridized carbons (Fsp3) is 0.667. The SMILES string of the molecule is CCOCC(Oc1ccccc1)(C(C)(C)CC(C)(C)C)S(=O)(=O)[O-]. The Balaban J connectivity index is 3.46. The summed E-state index contributed by atoms with van der Waals surface area (Å²) < 4.78 is 48.3. The summed E-state index contributed by atoms with van der Waals surface area (Å²) in [7, 11) is -4.82. The summed E-state index contributed by atoms with van der Waals surface area (Å²) in [5.41, 5.74) is -1.15. The summed E-state index contributed by atoms with van der Waals surface area (Å²) in [5, 5.41) is 0. The summed E-state index contributed by atoms with van der Waals surface area (Å²) >= 11 is 0. The van der Waals surface area contributed by atoms with Gasteiger partial charge >= 0.3 is 0 Å². The lowest BCUT2D eigenvalue weighted by molar-refractivity contribution is -0.0601. The third kappa shape index (κ3) is 4.94. The number of para-hydroxylation sites is 1. The zero-order chi connectivity index (χ0) is 18.6. The summed E-state index contributed by atoms with van der Waals surface area (Å²) in [5.74, 6) is 0.332. The van der Waals surface area contributed by atoms with Crippen molar-refractivity contribution in [3.05, 3.63) is 30.3 Å². The molecule has 5 nitrogen and oxygen atoms in total. The van der Waals surface area contributed by atoms with E-state index in [2.05, 4.69) is 0 Å². The van der Waals surface area contributed by atoms with Crippen LogP contribution in [0.15, 0.2) is 30.3 Å². The van der Waals surface area contributed by atoms with E-state index < -0.39 is 20.5 Å². The molecule has 0 bridgehead atoms. The maximum Gasteiger partial charge on any atom is 0.225 e. The zero-order valence-corrected chi connectivity index (χ0v) is 16.3. The number of ether oxygens (including phenoxy) is 2. The van der Waals surface area contributed by atoms with Gasteiger partial charge in [0, 0.05) is 12.0 Å². The Morgan fingerprint density at radius 3 is 2.00 bits per heavy atom. The minimum atomic E-state index is -4.82. The predicted octanol–water partition coefficient (Wildman–Crippen LogP) is 3.81. The molecule has 0 radical (unpaired) electrons. The first-order valence-corrected chi connectivity index (χ1v) is 9.53. The molecule has 0 fully saturated rings. The molecular formula is C18H29O5S-. The van der Waals surface area contributed by atoms with Crippen LogP contribution in [0.2, 0.25) is 0 Å². The monoisotopic (exact) mass is 357 g/mol. The highest BCUT2D eigenvalue weighted by Gasteiger charge is 2.54. The molecule has 0 saturated carbocycles. The van der Waals surface area contributed by atoms with Crippen molar-refractivity contribution < 1.29 is 22.4 Å². The molecule has 0 spiro atoms. The molecule has 1 unspecified atom stereocenters. The molecule has 138 valence electrons. The topological polar surface area (TPSA) is 75.7 Å². The van der Waals surface area contributed by atoms with Gasteiger partial charge in [0.25, 0.3) is 0 Å². The van der Waals surface area contributed by atoms with E-state index in [0.29, 0.717) is 18.8 Å². The molecular weight excluding hydrogens is 328 g/mol. The van der Waals surface area contributed by atoms with Crippen molar-refractivity contribution in [3.63, 3.8) is 0 Å². The first kappa shape index (κ1) is 20.9. The van der Waals surface area contributed by atoms with Gasteiger partial charge < -0.3 is 14.0 Å². The van der Waals surface area contributed by atoms with Crippen LogP contribution in [0.5, 0.6) is 5.75 Å². The first-order chi connectivity index (χ1) is 10.8. The van der Waals surface area contributed by atoms with E-state index in [1.807, 2.05) is 20.8 Å². The average Bonchev–Trinajstić information content (AvgIpc) is 2.40.